The maximum absolute atomic E-state index is 13.1. The highest BCUT2D eigenvalue weighted by Gasteiger charge is 2.19. The van der Waals surface area contributed by atoms with Crippen molar-refractivity contribution in [3.63, 3.8) is 0 Å². The molecule has 0 aliphatic carbocycles. The molecule has 0 spiro atoms. The van der Waals surface area contributed by atoms with Crippen LogP contribution in [0.2, 0.25) is 0 Å². The van der Waals surface area contributed by atoms with Crippen LogP contribution in [0.1, 0.15) is 21.5 Å². The Morgan fingerprint density at radius 2 is 1.63 bits per heavy atom. The summed E-state index contributed by atoms with van der Waals surface area (Å²) in [7, 11) is 1.51. The summed E-state index contributed by atoms with van der Waals surface area (Å²) in [6, 6.07) is 26.0. The fourth-order valence-corrected chi connectivity index (χ4v) is 4.89. The number of aromatic nitrogens is 4. The van der Waals surface area contributed by atoms with Crippen LogP contribution in [0.5, 0.6) is 5.75 Å². The minimum atomic E-state index is -0.244. The lowest BCUT2D eigenvalue weighted by molar-refractivity contribution is -0.113. The van der Waals surface area contributed by atoms with Crippen LogP contribution >= 0.6 is 11.8 Å². The molecule has 2 heterocycles. The number of amides is 2. The van der Waals surface area contributed by atoms with Crippen LogP contribution in [0.3, 0.4) is 0 Å². The molecule has 0 saturated heterocycles. The predicted molar refractivity (Wildman–Crippen MR) is 161 cm³/mol. The second-order valence-electron chi connectivity index (χ2n) is 9.22. The van der Waals surface area contributed by atoms with Crippen molar-refractivity contribution in [2.24, 2.45) is 0 Å². The van der Waals surface area contributed by atoms with Crippen LogP contribution in [0, 0.1) is 13.8 Å². The van der Waals surface area contributed by atoms with Crippen LogP contribution < -0.4 is 15.4 Å². The highest BCUT2D eigenvalue weighted by Crippen LogP contribution is 2.32. The van der Waals surface area contributed by atoms with Crippen molar-refractivity contribution >= 4 is 35.0 Å². The lowest BCUT2D eigenvalue weighted by Gasteiger charge is -2.15. The number of rotatable bonds is 9. The van der Waals surface area contributed by atoms with Gasteiger partial charge in [0, 0.05) is 29.2 Å². The molecule has 0 aliphatic rings. The molecule has 206 valence electrons. The van der Waals surface area contributed by atoms with Crippen molar-refractivity contribution in [1.29, 1.82) is 0 Å². The number of pyridine rings is 1. The Morgan fingerprint density at radius 1 is 0.878 bits per heavy atom. The third kappa shape index (κ3) is 6.44. The van der Waals surface area contributed by atoms with Gasteiger partial charge in [-0.25, -0.2) is 0 Å². The second-order valence-corrected chi connectivity index (χ2v) is 10.2. The lowest BCUT2D eigenvalue weighted by atomic mass is 10.1. The quantitative estimate of drug-likeness (QED) is 0.213. The van der Waals surface area contributed by atoms with Crippen LogP contribution in [0.4, 0.5) is 11.4 Å². The van der Waals surface area contributed by atoms with E-state index in [-0.39, 0.29) is 17.6 Å². The maximum atomic E-state index is 13.1. The molecular weight excluding hydrogens is 536 g/mol. The first kappa shape index (κ1) is 27.6. The average molecular weight is 565 g/mol. The summed E-state index contributed by atoms with van der Waals surface area (Å²) in [6.07, 6.45) is 1.71. The van der Waals surface area contributed by atoms with E-state index in [1.807, 2.05) is 79.1 Å². The summed E-state index contributed by atoms with van der Waals surface area (Å²) in [6.45, 7) is 3.88. The number of methoxy groups -OCH3 is 1. The Hall–Kier alpha value is -4.96. The molecule has 9 nitrogen and oxygen atoms in total. The highest BCUT2D eigenvalue weighted by molar-refractivity contribution is 7.99. The summed E-state index contributed by atoms with van der Waals surface area (Å²) < 4.78 is 7.42. The summed E-state index contributed by atoms with van der Waals surface area (Å²) in [5.41, 5.74) is 5.09. The van der Waals surface area contributed by atoms with Gasteiger partial charge in [0.1, 0.15) is 11.4 Å². The Bertz CT molecular complexity index is 1670. The first-order valence-corrected chi connectivity index (χ1v) is 13.8. The molecule has 0 atom stereocenters. The Morgan fingerprint density at radius 3 is 2.34 bits per heavy atom. The van der Waals surface area contributed by atoms with Gasteiger partial charge in [-0.2, -0.15) is 0 Å². The Balaban J connectivity index is 1.32. The molecule has 0 radical (unpaired) electrons. The van der Waals surface area contributed by atoms with Gasteiger partial charge in [0.15, 0.2) is 11.0 Å². The van der Waals surface area contributed by atoms with E-state index in [1.165, 1.54) is 18.9 Å². The minimum absolute atomic E-state index is 0.0842. The molecule has 0 bridgehead atoms. The van der Waals surface area contributed by atoms with E-state index in [2.05, 4.69) is 25.8 Å². The number of hydrogen-bond acceptors (Lipinski definition) is 7. The molecule has 2 aromatic heterocycles. The number of nitrogens with one attached hydrogen (secondary N) is 2. The topological polar surface area (TPSA) is 111 Å². The maximum Gasteiger partial charge on any atom is 0.255 e. The van der Waals surface area contributed by atoms with E-state index >= 15 is 0 Å². The van der Waals surface area contributed by atoms with Crippen molar-refractivity contribution in [1.82, 2.24) is 19.7 Å². The zero-order valence-electron chi connectivity index (χ0n) is 22.8. The van der Waals surface area contributed by atoms with E-state index < -0.39 is 0 Å². The number of thioether (sulfide) groups is 1. The van der Waals surface area contributed by atoms with Crippen molar-refractivity contribution < 1.29 is 14.3 Å². The zero-order valence-corrected chi connectivity index (χ0v) is 23.6. The van der Waals surface area contributed by atoms with Gasteiger partial charge in [0.25, 0.3) is 5.91 Å². The fourth-order valence-electron chi connectivity index (χ4n) is 4.14. The molecule has 10 heteroatoms. The van der Waals surface area contributed by atoms with Crippen molar-refractivity contribution in [3.8, 4) is 23.0 Å². The van der Waals surface area contributed by atoms with Gasteiger partial charge in [0.05, 0.1) is 18.6 Å². The summed E-state index contributed by atoms with van der Waals surface area (Å²) in [4.78, 5) is 30.1. The standard InChI is InChI=1S/C31H28N6O3S/c1-20-12-14-23(15-13-20)37-29(24-11-7-8-16-32-24)35-36-31(37)41-19-28(38)33-26-17-21(2)25(18-27(26)40-3)34-30(39)22-9-5-4-6-10-22/h4-18H,19H2,1-3H3,(H,33,38)(H,34,39). The van der Waals surface area contributed by atoms with Crippen molar-refractivity contribution in [3.05, 3.63) is 108 Å². The van der Waals surface area contributed by atoms with Crippen LogP contribution in [0.15, 0.2) is 96.3 Å². The molecule has 3 aromatic carbocycles. The van der Waals surface area contributed by atoms with Gasteiger partial charge in [0.2, 0.25) is 5.91 Å². The molecule has 5 rings (SSSR count). The number of hydrogen-bond donors (Lipinski definition) is 2. The fraction of sp³-hybridized carbons (Fsp3) is 0.129. The van der Waals surface area contributed by atoms with Gasteiger partial charge in [-0.3, -0.25) is 19.1 Å². The Kier molecular flexibility index (Phi) is 8.40. The number of carbonyl (C=O) groups is 2. The number of anilines is 2. The van der Waals surface area contributed by atoms with E-state index in [0.717, 1.165) is 16.8 Å². The minimum Gasteiger partial charge on any atom is -0.494 e. The number of benzene rings is 3. The average Bonchev–Trinajstić information content (AvgIpc) is 3.42. The van der Waals surface area contributed by atoms with E-state index in [4.69, 9.17) is 4.74 Å². The molecule has 0 saturated carbocycles. The predicted octanol–water partition coefficient (Wildman–Crippen LogP) is 5.94. The monoisotopic (exact) mass is 564 g/mol. The SMILES string of the molecule is COc1cc(NC(=O)c2ccccc2)c(C)cc1NC(=O)CSc1nnc(-c2ccccn2)n1-c1ccc(C)cc1. The first-order chi connectivity index (χ1) is 19.9. The molecule has 2 amide bonds. The largest absolute Gasteiger partial charge is 0.494 e. The van der Waals surface area contributed by atoms with Gasteiger partial charge in [-0.15, -0.1) is 10.2 Å². The van der Waals surface area contributed by atoms with Crippen LogP contribution in [-0.4, -0.2) is 44.4 Å². The Labute approximate surface area is 242 Å². The molecule has 5 aromatic rings. The summed E-state index contributed by atoms with van der Waals surface area (Å²) in [5.74, 6) is 0.625. The third-order valence-electron chi connectivity index (χ3n) is 6.26. The molecule has 2 N–H and O–H groups in total. The van der Waals surface area contributed by atoms with Gasteiger partial charge in [-0.1, -0.05) is 53.7 Å². The highest BCUT2D eigenvalue weighted by atomic mass is 32.2. The van der Waals surface area contributed by atoms with E-state index in [0.29, 0.717) is 39.4 Å². The second kappa shape index (κ2) is 12.5. The molecule has 0 fully saturated rings. The van der Waals surface area contributed by atoms with E-state index in [1.54, 1.807) is 30.5 Å². The van der Waals surface area contributed by atoms with Crippen LogP contribution in [0.25, 0.3) is 17.2 Å². The summed E-state index contributed by atoms with van der Waals surface area (Å²) >= 11 is 1.27. The van der Waals surface area contributed by atoms with Crippen molar-refractivity contribution in [2.75, 3.05) is 23.5 Å². The third-order valence-corrected chi connectivity index (χ3v) is 7.19. The van der Waals surface area contributed by atoms with E-state index in [9.17, 15) is 9.59 Å². The number of nitrogens with zero attached hydrogens (tertiary/aromatic N) is 4. The smallest absolute Gasteiger partial charge is 0.255 e. The normalized spacial score (nSPS) is 10.7. The first-order valence-electron chi connectivity index (χ1n) is 12.8. The number of carbonyl (C=O) groups excluding carboxylic acids is 2. The van der Waals surface area contributed by atoms with Gasteiger partial charge >= 0.3 is 0 Å². The molecule has 0 aliphatic heterocycles. The van der Waals surface area contributed by atoms with Crippen molar-refractivity contribution in [2.45, 2.75) is 19.0 Å². The molecule has 41 heavy (non-hydrogen) atoms. The summed E-state index contributed by atoms with van der Waals surface area (Å²) in [5, 5.41) is 15.2. The van der Waals surface area contributed by atoms with Gasteiger partial charge < -0.3 is 15.4 Å². The lowest BCUT2D eigenvalue weighted by Crippen LogP contribution is -2.16. The number of ether oxygens (including phenoxy) is 1. The molecule has 0 unspecified atom stereocenters. The molecular formula is C31H28N6O3S. The van der Waals surface area contributed by atoms with Gasteiger partial charge in [-0.05, 0) is 61.9 Å². The zero-order chi connectivity index (χ0) is 28.8. The van der Waals surface area contributed by atoms with Crippen LogP contribution in [-0.2, 0) is 4.79 Å². The number of aryl methyl sites for hydroxylation is 2.